The van der Waals surface area contributed by atoms with E-state index in [1.165, 1.54) is 0 Å². The van der Waals surface area contributed by atoms with Gasteiger partial charge in [-0.2, -0.15) is 0 Å². The first-order valence-corrected chi connectivity index (χ1v) is 7.85. The number of hydrogen-bond acceptors (Lipinski definition) is 3. The summed E-state index contributed by atoms with van der Waals surface area (Å²) in [5.74, 6) is 1.58. The zero-order valence-corrected chi connectivity index (χ0v) is 13.9. The minimum atomic E-state index is -0.282. The molecule has 3 N–H and O–H groups in total. The second-order valence-electron chi connectivity index (χ2n) is 5.21. The predicted octanol–water partition coefficient (Wildman–Crippen LogP) is 3.59. The Labute approximate surface area is 144 Å². The average Bonchev–Trinajstić information content (AvgIpc) is 2.96. The Morgan fingerprint density at radius 2 is 2.17 bits per heavy atom. The van der Waals surface area contributed by atoms with Crippen molar-refractivity contribution in [2.75, 3.05) is 19.0 Å². The number of aromatic amines is 1. The van der Waals surface area contributed by atoms with Gasteiger partial charge in [0.25, 0.3) is 0 Å². The first kappa shape index (κ1) is 16.1. The number of nitrogens with zero attached hydrogens (tertiary/aromatic N) is 1. The monoisotopic (exact) mass is 344 g/mol. The van der Waals surface area contributed by atoms with Crippen LogP contribution >= 0.6 is 11.6 Å². The van der Waals surface area contributed by atoms with E-state index in [4.69, 9.17) is 16.3 Å². The Morgan fingerprint density at radius 1 is 1.29 bits per heavy atom. The summed E-state index contributed by atoms with van der Waals surface area (Å²) in [5.41, 5.74) is 2.43. The number of rotatable bonds is 5. The van der Waals surface area contributed by atoms with Crippen molar-refractivity contribution in [3.8, 4) is 5.75 Å². The van der Waals surface area contributed by atoms with Gasteiger partial charge in [-0.05, 0) is 30.3 Å². The van der Waals surface area contributed by atoms with Crippen LogP contribution in [0, 0.1) is 0 Å². The number of H-pyrrole nitrogens is 1. The summed E-state index contributed by atoms with van der Waals surface area (Å²) in [6, 6.07) is 12.4. The summed E-state index contributed by atoms with van der Waals surface area (Å²) in [7, 11) is 1.63. The molecule has 0 bridgehead atoms. The summed E-state index contributed by atoms with van der Waals surface area (Å²) in [6.45, 7) is 0.462. The Balaban J connectivity index is 1.53. The molecule has 0 spiro atoms. The number of methoxy groups -OCH3 is 1. The van der Waals surface area contributed by atoms with E-state index in [9.17, 15) is 4.79 Å². The van der Waals surface area contributed by atoms with Crippen molar-refractivity contribution in [2.45, 2.75) is 6.42 Å². The van der Waals surface area contributed by atoms with Crippen LogP contribution in [0.4, 0.5) is 10.5 Å². The molecular weight excluding hydrogens is 328 g/mol. The number of hydrogen-bond donors (Lipinski definition) is 3. The van der Waals surface area contributed by atoms with Crippen molar-refractivity contribution >= 4 is 34.4 Å². The van der Waals surface area contributed by atoms with Gasteiger partial charge < -0.3 is 20.4 Å². The molecule has 0 unspecified atom stereocenters. The van der Waals surface area contributed by atoms with Crippen molar-refractivity contribution < 1.29 is 9.53 Å². The lowest BCUT2D eigenvalue weighted by molar-refractivity contribution is 0.252. The maximum absolute atomic E-state index is 11.9. The van der Waals surface area contributed by atoms with E-state index in [-0.39, 0.29) is 6.03 Å². The van der Waals surface area contributed by atoms with Gasteiger partial charge in [0.15, 0.2) is 0 Å². The fourth-order valence-corrected chi connectivity index (χ4v) is 2.51. The van der Waals surface area contributed by atoms with Crippen LogP contribution in [0.5, 0.6) is 5.75 Å². The molecule has 6 nitrogen and oxygen atoms in total. The lowest BCUT2D eigenvalue weighted by Crippen LogP contribution is -2.30. The van der Waals surface area contributed by atoms with Gasteiger partial charge in [0.2, 0.25) is 0 Å². The molecule has 24 heavy (non-hydrogen) atoms. The number of urea groups is 1. The molecule has 2 amide bonds. The van der Waals surface area contributed by atoms with E-state index in [1.54, 1.807) is 31.4 Å². The maximum Gasteiger partial charge on any atom is 0.319 e. The van der Waals surface area contributed by atoms with Crippen molar-refractivity contribution in [3.05, 3.63) is 53.3 Å². The largest absolute Gasteiger partial charge is 0.497 e. The molecule has 0 aliphatic rings. The van der Waals surface area contributed by atoms with E-state index in [1.807, 2.05) is 18.2 Å². The fourth-order valence-electron chi connectivity index (χ4n) is 2.32. The molecule has 2 aromatic carbocycles. The molecule has 0 saturated carbocycles. The average molecular weight is 345 g/mol. The lowest BCUT2D eigenvalue weighted by atomic mass is 10.3. The van der Waals surface area contributed by atoms with Crippen LogP contribution < -0.4 is 15.4 Å². The Bertz CT molecular complexity index is 863. The number of carbonyl (C=O) groups is 1. The highest BCUT2D eigenvalue weighted by Crippen LogP contribution is 2.18. The van der Waals surface area contributed by atoms with Crippen LogP contribution in [0.15, 0.2) is 42.5 Å². The highest BCUT2D eigenvalue weighted by molar-refractivity contribution is 6.30. The molecule has 0 saturated heterocycles. The van der Waals surface area contributed by atoms with E-state index >= 15 is 0 Å². The first-order valence-electron chi connectivity index (χ1n) is 7.47. The molecule has 0 atom stereocenters. The molecule has 0 fully saturated rings. The summed E-state index contributed by atoms with van der Waals surface area (Å²) in [4.78, 5) is 19.6. The molecule has 3 rings (SSSR count). The van der Waals surface area contributed by atoms with Gasteiger partial charge in [-0.25, -0.2) is 9.78 Å². The SMILES string of the molecule is COc1ccc2nc(CCNC(=O)Nc3cccc(Cl)c3)[nH]c2c1. The smallest absolute Gasteiger partial charge is 0.319 e. The maximum atomic E-state index is 11.9. The fraction of sp³-hybridized carbons (Fsp3) is 0.176. The summed E-state index contributed by atoms with van der Waals surface area (Å²) < 4.78 is 5.19. The summed E-state index contributed by atoms with van der Waals surface area (Å²) in [5, 5.41) is 6.09. The van der Waals surface area contributed by atoms with Crippen LogP contribution in [-0.4, -0.2) is 29.7 Å². The Kier molecular flexibility index (Phi) is 4.86. The number of benzene rings is 2. The highest BCUT2D eigenvalue weighted by Gasteiger charge is 2.06. The third kappa shape index (κ3) is 3.97. The number of imidazole rings is 1. The van der Waals surface area contributed by atoms with Crippen LogP contribution in [0.25, 0.3) is 11.0 Å². The molecule has 3 aromatic rings. The molecule has 1 aromatic heterocycles. The number of halogens is 1. The number of carbonyl (C=O) groups excluding carboxylic acids is 1. The van der Waals surface area contributed by atoms with Crippen molar-refractivity contribution in [1.29, 1.82) is 0 Å². The van der Waals surface area contributed by atoms with Gasteiger partial charge >= 0.3 is 6.03 Å². The van der Waals surface area contributed by atoms with E-state index in [2.05, 4.69) is 20.6 Å². The van der Waals surface area contributed by atoms with Gasteiger partial charge in [-0.15, -0.1) is 0 Å². The number of aromatic nitrogens is 2. The number of amides is 2. The predicted molar refractivity (Wildman–Crippen MR) is 94.8 cm³/mol. The van der Waals surface area contributed by atoms with Gasteiger partial charge in [0.05, 0.1) is 18.1 Å². The number of nitrogens with one attached hydrogen (secondary N) is 3. The van der Waals surface area contributed by atoms with Crippen molar-refractivity contribution in [3.63, 3.8) is 0 Å². The van der Waals surface area contributed by atoms with Crippen molar-refractivity contribution in [2.24, 2.45) is 0 Å². The van der Waals surface area contributed by atoms with Gasteiger partial charge in [0.1, 0.15) is 11.6 Å². The molecule has 124 valence electrons. The number of anilines is 1. The summed E-state index contributed by atoms with van der Waals surface area (Å²) >= 11 is 5.88. The second kappa shape index (κ2) is 7.23. The van der Waals surface area contributed by atoms with Gasteiger partial charge in [-0.3, -0.25) is 0 Å². The van der Waals surface area contributed by atoms with Crippen molar-refractivity contribution in [1.82, 2.24) is 15.3 Å². The van der Waals surface area contributed by atoms with Gasteiger partial charge in [-0.1, -0.05) is 17.7 Å². The highest BCUT2D eigenvalue weighted by atomic mass is 35.5. The van der Waals surface area contributed by atoms with E-state index < -0.39 is 0 Å². The molecule has 0 radical (unpaired) electrons. The second-order valence-corrected chi connectivity index (χ2v) is 5.64. The molecule has 1 heterocycles. The zero-order chi connectivity index (χ0) is 16.9. The minimum Gasteiger partial charge on any atom is -0.497 e. The first-order chi connectivity index (χ1) is 11.6. The molecular formula is C17H17ClN4O2. The molecule has 0 aliphatic carbocycles. The third-order valence-electron chi connectivity index (χ3n) is 3.47. The normalized spacial score (nSPS) is 10.6. The van der Waals surface area contributed by atoms with Crippen LogP contribution in [-0.2, 0) is 6.42 Å². The van der Waals surface area contributed by atoms with Gasteiger partial charge in [0, 0.05) is 29.7 Å². The summed E-state index contributed by atoms with van der Waals surface area (Å²) in [6.07, 6.45) is 0.597. The molecule has 7 heteroatoms. The number of ether oxygens (including phenoxy) is 1. The number of fused-ring (bicyclic) bond motifs is 1. The Hall–Kier alpha value is -2.73. The quantitative estimate of drug-likeness (QED) is 0.661. The van der Waals surface area contributed by atoms with Crippen LogP contribution in [0.3, 0.4) is 0 Å². The molecule has 0 aliphatic heterocycles. The van der Waals surface area contributed by atoms with Crippen LogP contribution in [0.2, 0.25) is 5.02 Å². The minimum absolute atomic E-state index is 0.282. The third-order valence-corrected chi connectivity index (χ3v) is 3.70. The van der Waals surface area contributed by atoms with E-state index in [0.29, 0.717) is 23.7 Å². The zero-order valence-electron chi connectivity index (χ0n) is 13.1. The standard InChI is InChI=1S/C17H17ClN4O2/c1-24-13-5-6-14-15(10-13)22-16(21-14)7-8-19-17(23)20-12-4-2-3-11(18)9-12/h2-6,9-10H,7-8H2,1H3,(H,21,22)(H2,19,20,23). The lowest BCUT2D eigenvalue weighted by Gasteiger charge is -2.07. The van der Waals surface area contributed by atoms with E-state index in [0.717, 1.165) is 22.6 Å². The van der Waals surface area contributed by atoms with Crippen LogP contribution in [0.1, 0.15) is 5.82 Å². The topological polar surface area (TPSA) is 79.0 Å². The Morgan fingerprint density at radius 3 is 2.96 bits per heavy atom.